The maximum absolute atomic E-state index is 13.0. The van der Waals surface area contributed by atoms with E-state index >= 15 is 0 Å². The van der Waals surface area contributed by atoms with Crippen molar-refractivity contribution < 1.29 is 9.53 Å². The molecule has 0 aliphatic heterocycles. The highest BCUT2D eigenvalue weighted by Gasteiger charge is 2.19. The third-order valence-corrected chi connectivity index (χ3v) is 6.62. The molecular formula is C26H30IN7O2. The average molecular weight is 599 g/mol. The Bertz CT molecular complexity index is 1320. The molecule has 0 aliphatic rings. The Morgan fingerprint density at radius 1 is 0.972 bits per heavy atom. The number of fused-ring (bicyclic) bond motifs is 1. The van der Waals surface area contributed by atoms with Gasteiger partial charge in [0, 0.05) is 28.8 Å². The quantitative estimate of drug-likeness (QED) is 0.214. The molecule has 0 fully saturated rings. The van der Waals surface area contributed by atoms with Crippen molar-refractivity contribution in [2.75, 3.05) is 25.4 Å². The first kappa shape index (κ1) is 25.8. The molecule has 2 N–H and O–H groups in total. The summed E-state index contributed by atoms with van der Waals surface area (Å²) in [5.74, 6) is 0.474. The van der Waals surface area contributed by atoms with Crippen LogP contribution in [-0.2, 0) is 13.2 Å². The van der Waals surface area contributed by atoms with Crippen molar-refractivity contribution in [3.63, 3.8) is 0 Å². The number of ether oxygens (including phenoxy) is 1. The fourth-order valence-corrected chi connectivity index (χ4v) is 4.38. The van der Waals surface area contributed by atoms with Gasteiger partial charge in [-0.15, -0.1) is 0 Å². The molecule has 4 rings (SSSR count). The van der Waals surface area contributed by atoms with Gasteiger partial charge in [-0.05, 0) is 64.9 Å². The number of nitrogens with two attached hydrogens (primary N) is 1. The normalized spacial score (nSPS) is 11.2. The summed E-state index contributed by atoms with van der Waals surface area (Å²) in [6.07, 6.45) is 1.70. The number of anilines is 1. The fourth-order valence-electron chi connectivity index (χ4n) is 4.02. The molecule has 0 unspecified atom stereocenters. The van der Waals surface area contributed by atoms with Crippen LogP contribution in [0.15, 0.2) is 54.9 Å². The topological polar surface area (TPSA) is 102 Å². The molecule has 0 saturated heterocycles. The molecular weight excluding hydrogens is 569 g/mol. The van der Waals surface area contributed by atoms with E-state index in [2.05, 4.69) is 37.5 Å². The molecule has 2 heterocycles. The summed E-state index contributed by atoms with van der Waals surface area (Å²) in [7, 11) is 0. The van der Waals surface area contributed by atoms with Gasteiger partial charge in [0.05, 0.1) is 12.9 Å². The first-order valence-corrected chi connectivity index (χ1v) is 13.0. The molecule has 0 radical (unpaired) electrons. The number of nitrogens with zero attached hydrogens (tertiary/aromatic N) is 6. The van der Waals surface area contributed by atoms with E-state index in [1.807, 2.05) is 78.9 Å². The zero-order valence-electron chi connectivity index (χ0n) is 20.7. The van der Waals surface area contributed by atoms with E-state index in [0.29, 0.717) is 42.3 Å². The maximum atomic E-state index is 13.0. The average Bonchev–Trinajstić information content (AvgIpc) is 3.29. The summed E-state index contributed by atoms with van der Waals surface area (Å²) in [6, 6.07) is 15.7. The highest BCUT2D eigenvalue weighted by atomic mass is 127. The van der Waals surface area contributed by atoms with Gasteiger partial charge < -0.3 is 15.0 Å². The van der Waals surface area contributed by atoms with E-state index in [1.54, 1.807) is 11.3 Å². The molecule has 188 valence electrons. The van der Waals surface area contributed by atoms with Crippen molar-refractivity contribution in [2.24, 2.45) is 0 Å². The summed E-state index contributed by atoms with van der Waals surface area (Å²) in [4.78, 5) is 26.2. The van der Waals surface area contributed by atoms with Crippen LogP contribution < -0.4 is 10.5 Å². The Kier molecular flexibility index (Phi) is 8.36. The van der Waals surface area contributed by atoms with Gasteiger partial charge in [0.25, 0.3) is 5.91 Å². The van der Waals surface area contributed by atoms with Crippen molar-refractivity contribution in [2.45, 2.75) is 33.9 Å². The number of halogens is 1. The van der Waals surface area contributed by atoms with Gasteiger partial charge in [-0.1, -0.05) is 38.1 Å². The lowest BCUT2D eigenvalue weighted by Crippen LogP contribution is -2.46. The first-order valence-electron chi connectivity index (χ1n) is 11.9. The standard InChI is InChI=1S/C26H30IN7O2/c1-4-33(5-2)34(6-3)25(35)20-11-7-18(8-12-20)15-32-17-29-22-23(32)30-26(28)31-24(22)36-16-19-9-13-21(27)14-10-19/h7-14,17H,4-6,15-16H2,1-3H3,(H2,28,30,31). The van der Waals surface area contributed by atoms with Crippen LogP contribution in [0.1, 0.15) is 42.3 Å². The molecule has 0 saturated carbocycles. The maximum Gasteiger partial charge on any atom is 0.268 e. The monoisotopic (exact) mass is 599 g/mol. The number of nitrogen functional groups attached to an aromatic ring is 1. The Hall–Kier alpha value is -3.25. The van der Waals surface area contributed by atoms with Crippen LogP contribution in [-0.4, -0.2) is 55.1 Å². The predicted octanol–water partition coefficient (Wildman–Crippen LogP) is 4.36. The first-order chi connectivity index (χ1) is 17.4. The van der Waals surface area contributed by atoms with Crippen LogP contribution in [0.3, 0.4) is 0 Å². The number of benzene rings is 2. The van der Waals surface area contributed by atoms with Gasteiger partial charge in [-0.3, -0.25) is 9.80 Å². The van der Waals surface area contributed by atoms with E-state index in [0.717, 1.165) is 27.8 Å². The van der Waals surface area contributed by atoms with Crippen molar-refractivity contribution in [3.8, 4) is 5.88 Å². The zero-order chi connectivity index (χ0) is 25.7. The smallest absolute Gasteiger partial charge is 0.268 e. The second kappa shape index (κ2) is 11.7. The number of carbonyl (C=O) groups excluding carboxylic acids is 1. The lowest BCUT2D eigenvalue weighted by atomic mass is 10.1. The Labute approximate surface area is 224 Å². The SMILES string of the molecule is CCN(CC)N(CC)C(=O)c1ccc(Cn2cnc3c(OCc4ccc(I)cc4)nc(N)nc32)cc1. The van der Waals surface area contributed by atoms with Crippen LogP contribution in [0.2, 0.25) is 0 Å². The number of hydrogen-bond donors (Lipinski definition) is 1. The van der Waals surface area contributed by atoms with Crippen LogP contribution in [0, 0.1) is 3.57 Å². The molecule has 0 aliphatic carbocycles. The van der Waals surface area contributed by atoms with Crippen LogP contribution in [0.5, 0.6) is 5.88 Å². The minimum absolute atomic E-state index is 0.00346. The number of amides is 1. The highest BCUT2D eigenvalue weighted by Crippen LogP contribution is 2.24. The second-order valence-corrected chi connectivity index (χ2v) is 9.45. The molecule has 9 nitrogen and oxygen atoms in total. The minimum Gasteiger partial charge on any atom is -0.471 e. The molecule has 36 heavy (non-hydrogen) atoms. The van der Waals surface area contributed by atoms with E-state index in [4.69, 9.17) is 10.5 Å². The molecule has 1 amide bonds. The number of carbonyl (C=O) groups is 1. The molecule has 2 aromatic carbocycles. The van der Waals surface area contributed by atoms with Crippen molar-refractivity contribution in [1.29, 1.82) is 0 Å². The van der Waals surface area contributed by atoms with Crippen molar-refractivity contribution >= 4 is 45.6 Å². The van der Waals surface area contributed by atoms with Gasteiger partial charge >= 0.3 is 0 Å². The Morgan fingerprint density at radius 3 is 2.28 bits per heavy atom. The molecule has 2 aromatic heterocycles. The van der Waals surface area contributed by atoms with E-state index in [1.165, 1.54) is 0 Å². The lowest BCUT2D eigenvalue weighted by molar-refractivity contribution is -0.00113. The molecule has 0 atom stereocenters. The fraction of sp³-hybridized carbons (Fsp3) is 0.308. The number of imidazole rings is 1. The molecule has 10 heteroatoms. The summed E-state index contributed by atoms with van der Waals surface area (Å²) in [5, 5.41) is 3.83. The number of hydrogen-bond acceptors (Lipinski definition) is 7. The van der Waals surface area contributed by atoms with Gasteiger partial charge in [0.1, 0.15) is 6.61 Å². The van der Waals surface area contributed by atoms with E-state index < -0.39 is 0 Å². The molecule has 0 spiro atoms. The summed E-state index contributed by atoms with van der Waals surface area (Å²) in [6.45, 7) is 9.14. The van der Waals surface area contributed by atoms with Gasteiger partial charge in [0.15, 0.2) is 11.2 Å². The number of hydrazine groups is 1. The predicted molar refractivity (Wildman–Crippen MR) is 148 cm³/mol. The summed E-state index contributed by atoms with van der Waals surface area (Å²) >= 11 is 2.27. The van der Waals surface area contributed by atoms with Crippen LogP contribution in [0.25, 0.3) is 11.2 Å². The largest absolute Gasteiger partial charge is 0.471 e. The minimum atomic E-state index is -0.00346. The van der Waals surface area contributed by atoms with Crippen molar-refractivity contribution in [3.05, 3.63) is 75.1 Å². The lowest BCUT2D eigenvalue weighted by Gasteiger charge is -2.32. The van der Waals surface area contributed by atoms with Crippen molar-refractivity contribution in [1.82, 2.24) is 29.5 Å². The summed E-state index contributed by atoms with van der Waals surface area (Å²) < 4.78 is 9.01. The second-order valence-electron chi connectivity index (χ2n) is 8.20. The Balaban J connectivity index is 1.51. The van der Waals surface area contributed by atoms with E-state index in [-0.39, 0.29) is 11.9 Å². The molecule has 4 aromatic rings. The summed E-state index contributed by atoms with van der Waals surface area (Å²) in [5.41, 5.74) is 9.83. The van der Waals surface area contributed by atoms with Crippen LogP contribution >= 0.6 is 22.6 Å². The number of aromatic nitrogens is 4. The van der Waals surface area contributed by atoms with Crippen LogP contribution in [0.4, 0.5) is 5.95 Å². The zero-order valence-corrected chi connectivity index (χ0v) is 22.8. The third-order valence-electron chi connectivity index (χ3n) is 5.90. The third kappa shape index (κ3) is 5.76. The highest BCUT2D eigenvalue weighted by molar-refractivity contribution is 14.1. The van der Waals surface area contributed by atoms with Gasteiger partial charge in [0.2, 0.25) is 11.8 Å². The Morgan fingerprint density at radius 2 is 1.64 bits per heavy atom. The number of rotatable bonds is 10. The van der Waals surface area contributed by atoms with Gasteiger partial charge in [-0.25, -0.2) is 9.99 Å². The van der Waals surface area contributed by atoms with Gasteiger partial charge in [-0.2, -0.15) is 9.97 Å². The molecule has 0 bridgehead atoms. The van der Waals surface area contributed by atoms with E-state index in [9.17, 15) is 4.79 Å².